The van der Waals surface area contributed by atoms with Crippen LogP contribution in [0.5, 0.6) is 0 Å². The van der Waals surface area contributed by atoms with Gasteiger partial charge in [0.15, 0.2) is 0 Å². The average molecular weight is 477 g/mol. The lowest BCUT2D eigenvalue weighted by Crippen LogP contribution is -2.41. The van der Waals surface area contributed by atoms with Crippen molar-refractivity contribution in [2.75, 3.05) is 10.8 Å². The molecular weight excluding hydrogens is 455 g/mol. The van der Waals surface area contributed by atoms with Gasteiger partial charge in [0.1, 0.15) is 6.54 Å². The Kier molecular flexibility index (Phi) is 7.26. The molecule has 0 bridgehead atoms. The lowest BCUT2D eigenvalue weighted by atomic mass is 10.1. The molecule has 0 unspecified atom stereocenters. The Hall–Kier alpha value is -2.54. The molecule has 0 saturated carbocycles. The number of rotatable bonds is 7. The van der Waals surface area contributed by atoms with Crippen LogP contribution >= 0.6 is 23.2 Å². The van der Waals surface area contributed by atoms with Crippen molar-refractivity contribution in [3.8, 4) is 0 Å². The smallest absolute Gasteiger partial charge is 0.264 e. The van der Waals surface area contributed by atoms with Gasteiger partial charge in [-0.1, -0.05) is 59.1 Å². The highest BCUT2D eigenvalue weighted by molar-refractivity contribution is 7.92. The Balaban J connectivity index is 1.89. The van der Waals surface area contributed by atoms with Gasteiger partial charge in [0.2, 0.25) is 5.91 Å². The molecule has 0 aliphatic heterocycles. The van der Waals surface area contributed by atoms with Crippen LogP contribution < -0.4 is 9.62 Å². The van der Waals surface area contributed by atoms with Gasteiger partial charge in [-0.05, 0) is 61.9 Å². The summed E-state index contributed by atoms with van der Waals surface area (Å²) < 4.78 is 27.7. The van der Waals surface area contributed by atoms with Crippen molar-refractivity contribution < 1.29 is 13.2 Å². The van der Waals surface area contributed by atoms with E-state index in [9.17, 15) is 13.2 Å². The first-order valence-electron chi connectivity index (χ1n) is 9.56. The van der Waals surface area contributed by atoms with E-state index in [0.717, 1.165) is 15.4 Å². The molecule has 3 rings (SSSR count). The number of carbonyl (C=O) groups is 1. The molecule has 3 aromatic rings. The van der Waals surface area contributed by atoms with Gasteiger partial charge < -0.3 is 5.32 Å². The maximum atomic E-state index is 13.3. The van der Waals surface area contributed by atoms with E-state index in [4.69, 9.17) is 23.2 Å². The number of carbonyl (C=O) groups excluding carboxylic acids is 1. The molecule has 0 aliphatic carbocycles. The first-order valence-corrected chi connectivity index (χ1v) is 11.8. The third kappa shape index (κ3) is 5.79. The van der Waals surface area contributed by atoms with E-state index >= 15 is 0 Å². The maximum absolute atomic E-state index is 13.3. The van der Waals surface area contributed by atoms with E-state index in [1.54, 1.807) is 18.2 Å². The molecule has 162 valence electrons. The summed E-state index contributed by atoms with van der Waals surface area (Å²) in [4.78, 5) is 12.8. The number of sulfonamides is 1. The van der Waals surface area contributed by atoms with Gasteiger partial charge in [0.05, 0.1) is 16.6 Å². The van der Waals surface area contributed by atoms with Crippen molar-refractivity contribution in [2.24, 2.45) is 0 Å². The lowest BCUT2D eigenvalue weighted by Gasteiger charge is -2.25. The van der Waals surface area contributed by atoms with Crippen molar-refractivity contribution >= 4 is 44.8 Å². The normalized spacial score (nSPS) is 12.3. The summed E-state index contributed by atoms with van der Waals surface area (Å²) in [6, 6.07) is 19.7. The molecule has 0 heterocycles. The molecule has 0 aliphatic rings. The van der Waals surface area contributed by atoms with E-state index < -0.39 is 22.5 Å². The third-order valence-corrected chi connectivity index (χ3v) is 7.02. The summed E-state index contributed by atoms with van der Waals surface area (Å²) in [5.41, 5.74) is 2.33. The Morgan fingerprint density at radius 2 is 1.61 bits per heavy atom. The molecule has 1 N–H and O–H groups in total. The average Bonchev–Trinajstić information content (AvgIpc) is 2.72. The fourth-order valence-corrected chi connectivity index (χ4v) is 4.76. The van der Waals surface area contributed by atoms with Crippen LogP contribution in [0.3, 0.4) is 0 Å². The van der Waals surface area contributed by atoms with Crippen LogP contribution in [0.4, 0.5) is 5.69 Å². The number of benzene rings is 3. The van der Waals surface area contributed by atoms with E-state index in [-0.39, 0.29) is 10.9 Å². The number of nitrogens with one attached hydrogen (secondary N) is 1. The summed E-state index contributed by atoms with van der Waals surface area (Å²) >= 11 is 12.0. The van der Waals surface area contributed by atoms with Gasteiger partial charge in [-0.25, -0.2) is 8.42 Å². The Morgan fingerprint density at radius 1 is 0.968 bits per heavy atom. The van der Waals surface area contributed by atoms with Crippen molar-refractivity contribution in [3.63, 3.8) is 0 Å². The van der Waals surface area contributed by atoms with Gasteiger partial charge in [-0.2, -0.15) is 0 Å². The molecule has 3 aromatic carbocycles. The topological polar surface area (TPSA) is 66.5 Å². The van der Waals surface area contributed by atoms with Gasteiger partial charge in [0.25, 0.3) is 10.0 Å². The lowest BCUT2D eigenvalue weighted by molar-refractivity contribution is -0.120. The van der Waals surface area contributed by atoms with Crippen molar-refractivity contribution in [1.29, 1.82) is 0 Å². The largest absolute Gasteiger partial charge is 0.348 e. The van der Waals surface area contributed by atoms with Gasteiger partial charge >= 0.3 is 0 Å². The molecule has 5 nitrogen and oxygen atoms in total. The first-order chi connectivity index (χ1) is 14.7. The van der Waals surface area contributed by atoms with Gasteiger partial charge in [0, 0.05) is 10.0 Å². The van der Waals surface area contributed by atoms with Crippen LogP contribution in [0.15, 0.2) is 77.7 Å². The number of hydrogen-bond acceptors (Lipinski definition) is 3. The molecule has 0 spiro atoms. The van der Waals surface area contributed by atoms with Crippen LogP contribution in [0, 0.1) is 6.92 Å². The number of aryl methyl sites for hydroxylation is 1. The van der Waals surface area contributed by atoms with Crippen LogP contribution in [0.2, 0.25) is 10.0 Å². The highest BCUT2D eigenvalue weighted by atomic mass is 35.5. The highest BCUT2D eigenvalue weighted by Gasteiger charge is 2.28. The Labute approximate surface area is 192 Å². The van der Waals surface area contributed by atoms with Crippen molar-refractivity contribution in [2.45, 2.75) is 24.8 Å². The minimum Gasteiger partial charge on any atom is -0.348 e. The summed E-state index contributed by atoms with van der Waals surface area (Å²) in [5.74, 6) is -0.439. The van der Waals surface area contributed by atoms with Gasteiger partial charge in [-0.3, -0.25) is 9.10 Å². The predicted molar refractivity (Wildman–Crippen MR) is 125 cm³/mol. The fraction of sp³-hybridized carbons (Fsp3) is 0.174. The number of halogens is 2. The second-order valence-corrected chi connectivity index (χ2v) is 9.88. The minimum absolute atomic E-state index is 0.0243. The van der Waals surface area contributed by atoms with Gasteiger partial charge in [-0.15, -0.1) is 0 Å². The molecule has 0 aromatic heterocycles. The van der Waals surface area contributed by atoms with Crippen molar-refractivity contribution in [3.05, 3.63) is 94.0 Å². The SMILES string of the molecule is Cc1ccc([C@@H](C)NC(=O)CN(c2cccc(Cl)c2)S(=O)(=O)c2ccc(Cl)cc2)cc1. The molecular formula is C23H22Cl2N2O3S. The zero-order chi connectivity index (χ0) is 22.6. The summed E-state index contributed by atoms with van der Waals surface area (Å²) in [7, 11) is -4.03. The quantitative estimate of drug-likeness (QED) is 0.497. The summed E-state index contributed by atoms with van der Waals surface area (Å²) in [5, 5.41) is 3.64. The van der Waals surface area contributed by atoms with Crippen LogP contribution in [-0.4, -0.2) is 20.9 Å². The summed E-state index contributed by atoms with van der Waals surface area (Å²) in [6.45, 7) is 3.43. The predicted octanol–water partition coefficient (Wildman–Crippen LogP) is 5.37. The molecule has 1 atom stereocenters. The minimum atomic E-state index is -4.03. The number of anilines is 1. The second kappa shape index (κ2) is 9.73. The molecule has 0 radical (unpaired) electrons. The van der Waals surface area contributed by atoms with E-state index in [1.165, 1.54) is 30.3 Å². The molecule has 31 heavy (non-hydrogen) atoms. The van der Waals surface area contributed by atoms with Crippen LogP contribution in [0.25, 0.3) is 0 Å². The Bertz CT molecular complexity index is 1160. The molecule has 8 heteroatoms. The first kappa shape index (κ1) is 23.1. The maximum Gasteiger partial charge on any atom is 0.264 e. The number of nitrogens with zero attached hydrogens (tertiary/aromatic N) is 1. The van der Waals surface area contributed by atoms with E-state index in [0.29, 0.717) is 15.7 Å². The highest BCUT2D eigenvalue weighted by Crippen LogP contribution is 2.27. The van der Waals surface area contributed by atoms with E-state index in [2.05, 4.69) is 5.32 Å². The zero-order valence-corrected chi connectivity index (χ0v) is 19.4. The zero-order valence-electron chi connectivity index (χ0n) is 17.0. The van der Waals surface area contributed by atoms with Crippen LogP contribution in [0.1, 0.15) is 24.1 Å². The number of amides is 1. The fourth-order valence-electron chi connectivity index (χ4n) is 3.04. The standard InChI is InChI=1S/C23H22Cl2N2O3S/c1-16-6-8-18(9-7-16)17(2)26-23(28)15-27(21-5-3-4-20(25)14-21)31(29,30)22-12-10-19(24)11-13-22/h3-14,17H,15H2,1-2H3,(H,26,28)/t17-/m1/s1. The molecule has 0 saturated heterocycles. The third-order valence-electron chi connectivity index (χ3n) is 4.74. The second-order valence-electron chi connectivity index (χ2n) is 7.15. The molecule has 0 fully saturated rings. The Morgan fingerprint density at radius 3 is 2.23 bits per heavy atom. The van der Waals surface area contributed by atoms with E-state index in [1.807, 2.05) is 38.1 Å². The monoisotopic (exact) mass is 476 g/mol. The molecule has 1 amide bonds. The summed E-state index contributed by atoms with van der Waals surface area (Å²) in [6.07, 6.45) is 0. The number of hydrogen-bond donors (Lipinski definition) is 1. The van der Waals surface area contributed by atoms with Crippen molar-refractivity contribution in [1.82, 2.24) is 5.32 Å². The van der Waals surface area contributed by atoms with Crippen LogP contribution in [-0.2, 0) is 14.8 Å².